The van der Waals surface area contributed by atoms with E-state index in [1.165, 1.54) is 7.11 Å². The van der Waals surface area contributed by atoms with Crippen molar-refractivity contribution in [3.63, 3.8) is 0 Å². The maximum atomic E-state index is 11.8. The number of primary sulfonamides is 1. The number of hydrogen-bond acceptors (Lipinski definition) is 5. The molecule has 0 aromatic carbocycles. The molecule has 1 amide bonds. The van der Waals surface area contributed by atoms with Gasteiger partial charge in [0.05, 0.1) is 12.9 Å². The van der Waals surface area contributed by atoms with Crippen molar-refractivity contribution in [2.75, 3.05) is 19.4 Å². The van der Waals surface area contributed by atoms with Crippen LogP contribution in [0, 0.1) is 5.92 Å². The van der Waals surface area contributed by atoms with Crippen LogP contribution in [0.5, 0.6) is 5.88 Å². The Kier molecular flexibility index (Phi) is 4.24. The zero-order valence-corrected chi connectivity index (χ0v) is 12.0. The van der Waals surface area contributed by atoms with E-state index in [1.807, 2.05) is 6.07 Å². The molecule has 1 atom stereocenters. The number of carbonyl (C=O) groups is 1. The van der Waals surface area contributed by atoms with Crippen molar-refractivity contribution in [2.45, 2.75) is 13.0 Å². The lowest BCUT2D eigenvalue weighted by atomic mass is 10.1. The molecule has 0 aliphatic carbocycles. The molecule has 2 rings (SSSR count). The van der Waals surface area contributed by atoms with E-state index < -0.39 is 10.0 Å². The predicted octanol–water partition coefficient (Wildman–Crippen LogP) is -0.273. The van der Waals surface area contributed by atoms with Crippen molar-refractivity contribution in [3.8, 4) is 5.88 Å². The first kappa shape index (κ1) is 14.7. The van der Waals surface area contributed by atoms with E-state index in [2.05, 4.69) is 4.98 Å². The van der Waals surface area contributed by atoms with Crippen molar-refractivity contribution in [1.82, 2.24) is 9.88 Å². The van der Waals surface area contributed by atoms with E-state index >= 15 is 0 Å². The SMILES string of the molecule is COc1ccc(CN2CC(CS(N)(=O)=O)CC2=O)cn1. The molecule has 110 valence electrons. The number of amides is 1. The summed E-state index contributed by atoms with van der Waals surface area (Å²) >= 11 is 0. The number of nitrogens with two attached hydrogens (primary N) is 1. The van der Waals surface area contributed by atoms with Crippen LogP contribution in [-0.4, -0.2) is 43.6 Å². The number of ether oxygens (including phenoxy) is 1. The third kappa shape index (κ3) is 3.91. The molecule has 0 bridgehead atoms. The molecule has 1 aromatic heterocycles. The summed E-state index contributed by atoms with van der Waals surface area (Å²) in [4.78, 5) is 17.5. The largest absolute Gasteiger partial charge is 0.481 e. The summed E-state index contributed by atoms with van der Waals surface area (Å²) in [5, 5.41) is 5.01. The summed E-state index contributed by atoms with van der Waals surface area (Å²) in [5.74, 6) is 0.0580. The second-order valence-corrected chi connectivity index (χ2v) is 6.54. The number of likely N-dealkylation sites (tertiary alicyclic amines) is 1. The van der Waals surface area contributed by atoms with Gasteiger partial charge in [0.25, 0.3) is 0 Å². The molecule has 1 unspecified atom stereocenters. The Hall–Kier alpha value is -1.67. The molecule has 0 saturated carbocycles. The molecular weight excluding hydrogens is 282 g/mol. The van der Waals surface area contributed by atoms with E-state index in [1.54, 1.807) is 17.2 Å². The minimum atomic E-state index is -3.54. The van der Waals surface area contributed by atoms with Gasteiger partial charge in [-0.1, -0.05) is 6.07 Å². The lowest BCUT2D eigenvalue weighted by Gasteiger charge is -2.16. The van der Waals surface area contributed by atoms with Crippen LogP contribution in [0.4, 0.5) is 0 Å². The second-order valence-electron chi connectivity index (χ2n) is 4.88. The number of carbonyl (C=O) groups excluding carboxylic acids is 1. The average molecular weight is 299 g/mol. The van der Waals surface area contributed by atoms with Crippen LogP contribution in [0.1, 0.15) is 12.0 Å². The predicted molar refractivity (Wildman–Crippen MR) is 72.3 cm³/mol. The Labute approximate surface area is 117 Å². The summed E-state index contributed by atoms with van der Waals surface area (Å²) in [6.45, 7) is 0.818. The number of sulfonamides is 1. The number of pyridine rings is 1. The van der Waals surface area contributed by atoms with Crippen molar-refractivity contribution in [2.24, 2.45) is 11.1 Å². The topological polar surface area (TPSA) is 103 Å². The number of hydrogen-bond donors (Lipinski definition) is 1. The molecule has 2 heterocycles. The van der Waals surface area contributed by atoms with E-state index in [0.29, 0.717) is 19.0 Å². The van der Waals surface area contributed by atoms with Crippen LogP contribution >= 0.6 is 0 Å². The average Bonchev–Trinajstić information content (AvgIpc) is 2.68. The molecule has 0 spiro atoms. The highest BCUT2D eigenvalue weighted by Crippen LogP contribution is 2.21. The van der Waals surface area contributed by atoms with Crippen LogP contribution in [-0.2, 0) is 21.4 Å². The van der Waals surface area contributed by atoms with E-state index in [9.17, 15) is 13.2 Å². The van der Waals surface area contributed by atoms with Crippen LogP contribution < -0.4 is 9.88 Å². The van der Waals surface area contributed by atoms with Crippen LogP contribution in [0.2, 0.25) is 0 Å². The molecule has 1 fully saturated rings. The Morgan fingerprint density at radius 1 is 1.50 bits per heavy atom. The molecular formula is C12H17N3O4S. The first-order valence-electron chi connectivity index (χ1n) is 6.14. The van der Waals surface area contributed by atoms with Gasteiger partial charge in [-0.25, -0.2) is 18.5 Å². The molecule has 0 radical (unpaired) electrons. The number of methoxy groups -OCH3 is 1. The van der Waals surface area contributed by atoms with Gasteiger partial charge < -0.3 is 9.64 Å². The van der Waals surface area contributed by atoms with Crippen LogP contribution in [0.3, 0.4) is 0 Å². The smallest absolute Gasteiger partial charge is 0.223 e. The van der Waals surface area contributed by atoms with Crippen molar-refractivity contribution < 1.29 is 17.9 Å². The van der Waals surface area contributed by atoms with Gasteiger partial charge in [0, 0.05) is 37.7 Å². The molecule has 1 aliphatic heterocycles. The standard InChI is InChI=1S/C12H17N3O4S/c1-19-11-3-2-9(5-14-11)6-15-7-10(4-12(15)16)8-20(13,17)18/h2-3,5,10H,4,6-8H2,1H3,(H2,13,17,18). The minimum Gasteiger partial charge on any atom is -0.481 e. The zero-order chi connectivity index (χ0) is 14.8. The Morgan fingerprint density at radius 3 is 2.80 bits per heavy atom. The van der Waals surface area contributed by atoms with Gasteiger partial charge in [0.1, 0.15) is 0 Å². The summed E-state index contributed by atoms with van der Waals surface area (Å²) in [5.41, 5.74) is 0.871. The molecule has 1 aromatic rings. The summed E-state index contributed by atoms with van der Waals surface area (Å²) in [7, 11) is -2.01. The maximum absolute atomic E-state index is 11.8. The van der Waals surface area contributed by atoms with Gasteiger partial charge in [0.2, 0.25) is 21.8 Å². The fourth-order valence-electron chi connectivity index (χ4n) is 2.29. The van der Waals surface area contributed by atoms with Gasteiger partial charge in [-0.15, -0.1) is 0 Å². The van der Waals surface area contributed by atoms with E-state index in [0.717, 1.165) is 5.56 Å². The summed E-state index contributed by atoms with van der Waals surface area (Å²) in [6.07, 6.45) is 1.86. The summed E-state index contributed by atoms with van der Waals surface area (Å²) in [6, 6.07) is 3.55. The number of aromatic nitrogens is 1. The fraction of sp³-hybridized carbons (Fsp3) is 0.500. The first-order valence-corrected chi connectivity index (χ1v) is 7.86. The number of nitrogens with zero attached hydrogens (tertiary/aromatic N) is 2. The third-order valence-corrected chi connectivity index (χ3v) is 4.08. The highest BCUT2D eigenvalue weighted by molar-refractivity contribution is 7.89. The molecule has 8 heteroatoms. The third-order valence-electron chi connectivity index (χ3n) is 3.14. The first-order chi connectivity index (χ1) is 9.37. The maximum Gasteiger partial charge on any atom is 0.223 e. The Balaban J connectivity index is 1.97. The molecule has 20 heavy (non-hydrogen) atoms. The van der Waals surface area contributed by atoms with Crippen molar-refractivity contribution >= 4 is 15.9 Å². The quantitative estimate of drug-likeness (QED) is 0.806. The minimum absolute atomic E-state index is 0.0607. The zero-order valence-electron chi connectivity index (χ0n) is 11.2. The lowest BCUT2D eigenvalue weighted by molar-refractivity contribution is -0.128. The second kappa shape index (κ2) is 5.76. The van der Waals surface area contributed by atoms with E-state index in [4.69, 9.17) is 9.88 Å². The van der Waals surface area contributed by atoms with Gasteiger partial charge in [-0.05, 0) is 5.56 Å². The highest BCUT2D eigenvalue weighted by atomic mass is 32.2. The highest BCUT2D eigenvalue weighted by Gasteiger charge is 2.31. The van der Waals surface area contributed by atoms with Crippen LogP contribution in [0.25, 0.3) is 0 Å². The van der Waals surface area contributed by atoms with Gasteiger partial charge in [0.15, 0.2) is 0 Å². The lowest BCUT2D eigenvalue weighted by Crippen LogP contribution is -2.27. The Morgan fingerprint density at radius 2 is 2.25 bits per heavy atom. The molecule has 1 saturated heterocycles. The monoisotopic (exact) mass is 299 g/mol. The molecule has 2 N–H and O–H groups in total. The van der Waals surface area contributed by atoms with Gasteiger partial charge in [-0.2, -0.15) is 0 Å². The fourth-order valence-corrected chi connectivity index (χ4v) is 3.17. The van der Waals surface area contributed by atoms with E-state index in [-0.39, 0.29) is 24.0 Å². The molecule has 7 nitrogen and oxygen atoms in total. The summed E-state index contributed by atoms with van der Waals surface area (Å²) < 4.78 is 27.1. The van der Waals surface area contributed by atoms with Gasteiger partial charge in [-0.3, -0.25) is 4.79 Å². The molecule has 1 aliphatic rings. The van der Waals surface area contributed by atoms with Crippen molar-refractivity contribution in [1.29, 1.82) is 0 Å². The number of rotatable bonds is 5. The Bertz CT molecular complexity index is 585. The van der Waals surface area contributed by atoms with Crippen LogP contribution in [0.15, 0.2) is 18.3 Å². The van der Waals surface area contributed by atoms with Crippen molar-refractivity contribution in [3.05, 3.63) is 23.9 Å². The normalized spacial score (nSPS) is 19.4. The van der Waals surface area contributed by atoms with Gasteiger partial charge >= 0.3 is 0 Å².